The van der Waals surface area contributed by atoms with Crippen LogP contribution in [0.15, 0.2) is 41.7 Å². The van der Waals surface area contributed by atoms with Gasteiger partial charge in [-0.05, 0) is 31.4 Å². The molecular formula is C17H25N5. The van der Waals surface area contributed by atoms with Gasteiger partial charge in [-0.25, -0.2) is 0 Å². The summed E-state index contributed by atoms with van der Waals surface area (Å²) in [7, 11) is 1.79. The van der Waals surface area contributed by atoms with E-state index in [-0.39, 0.29) is 0 Å². The van der Waals surface area contributed by atoms with E-state index >= 15 is 0 Å². The summed E-state index contributed by atoms with van der Waals surface area (Å²) in [4.78, 5) is 4.24. The lowest BCUT2D eigenvalue weighted by atomic mass is 10.1. The van der Waals surface area contributed by atoms with Crippen molar-refractivity contribution in [1.82, 2.24) is 20.4 Å². The van der Waals surface area contributed by atoms with Gasteiger partial charge in [0, 0.05) is 32.9 Å². The molecule has 0 aliphatic carbocycles. The van der Waals surface area contributed by atoms with E-state index in [1.54, 1.807) is 7.05 Å². The van der Waals surface area contributed by atoms with E-state index in [1.165, 1.54) is 16.7 Å². The number of aromatic nitrogens is 2. The number of hydrogen-bond acceptors (Lipinski definition) is 2. The summed E-state index contributed by atoms with van der Waals surface area (Å²) in [5.41, 5.74) is 3.73. The van der Waals surface area contributed by atoms with Crippen molar-refractivity contribution in [2.24, 2.45) is 4.99 Å². The van der Waals surface area contributed by atoms with Crippen LogP contribution in [0.1, 0.15) is 23.1 Å². The van der Waals surface area contributed by atoms with Crippen LogP contribution in [0.4, 0.5) is 0 Å². The van der Waals surface area contributed by atoms with Crippen LogP contribution in [0, 0.1) is 13.8 Å². The number of aliphatic imine (C=N–C) groups is 1. The van der Waals surface area contributed by atoms with Gasteiger partial charge in [0.05, 0.1) is 6.20 Å². The van der Waals surface area contributed by atoms with E-state index in [0.717, 1.165) is 32.0 Å². The van der Waals surface area contributed by atoms with Gasteiger partial charge in [-0.15, -0.1) is 0 Å². The zero-order valence-electron chi connectivity index (χ0n) is 13.6. The zero-order chi connectivity index (χ0) is 15.8. The molecule has 0 atom stereocenters. The van der Waals surface area contributed by atoms with Gasteiger partial charge in [-0.3, -0.25) is 9.67 Å². The molecule has 0 amide bonds. The van der Waals surface area contributed by atoms with Crippen LogP contribution < -0.4 is 10.6 Å². The van der Waals surface area contributed by atoms with Crippen molar-refractivity contribution in [3.05, 3.63) is 53.3 Å². The number of benzene rings is 1. The largest absolute Gasteiger partial charge is 0.356 e. The molecule has 5 heteroatoms. The molecule has 0 spiro atoms. The summed E-state index contributed by atoms with van der Waals surface area (Å²) in [5, 5.41) is 10.9. The molecule has 0 radical (unpaired) electrons. The first-order chi connectivity index (χ1) is 10.7. The van der Waals surface area contributed by atoms with Crippen LogP contribution in [0.5, 0.6) is 0 Å². The monoisotopic (exact) mass is 299 g/mol. The fraction of sp³-hybridized carbons (Fsp3) is 0.412. The Morgan fingerprint density at radius 3 is 2.55 bits per heavy atom. The molecular weight excluding hydrogens is 274 g/mol. The van der Waals surface area contributed by atoms with Crippen molar-refractivity contribution >= 4 is 5.96 Å². The second-order valence-corrected chi connectivity index (χ2v) is 5.47. The highest BCUT2D eigenvalue weighted by Gasteiger charge is 1.99. The van der Waals surface area contributed by atoms with Crippen molar-refractivity contribution < 1.29 is 0 Å². The maximum Gasteiger partial charge on any atom is 0.191 e. The molecule has 5 nitrogen and oxygen atoms in total. The third-order valence-electron chi connectivity index (χ3n) is 3.42. The van der Waals surface area contributed by atoms with Gasteiger partial charge in [0.1, 0.15) is 0 Å². The summed E-state index contributed by atoms with van der Waals surface area (Å²) in [6.45, 7) is 6.71. The number of rotatable bonds is 6. The van der Waals surface area contributed by atoms with Gasteiger partial charge in [-0.2, -0.15) is 5.10 Å². The molecule has 118 valence electrons. The quantitative estimate of drug-likeness (QED) is 0.489. The van der Waals surface area contributed by atoms with Gasteiger partial charge in [0.15, 0.2) is 5.96 Å². The van der Waals surface area contributed by atoms with E-state index < -0.39 is 0 Å². The first-order valence-electron chi connectivity index (χ1n) is 7.66. The Balaban J connectivity index is 1.67. The third kappa shape index (κ3) is 5.24. The molecule has 2 N–H and O–H groups in total. The molecule has 1 heterocycles. The Morgan fingerprint density at radius 2 is 1.91 bits per heavy atom. The minimum absolute atomic E-state index is 0.776. The molecule has 0 saturated heterocycles. The van der Waals surface area contributed by atoms with Crippen molar-refractivity contribution in [3.63, 3.8) is 0 Å². The van der Waals surface area contributed by atoms with Crippen LogP contribution in [0.3, 0.4) is 0 Å². The van der Waals surface area contributed by atoms with E-state index in [1.807, 2.05) is 10.9 Å². The highest BCUT2D eigenvalue weighted by atomic mass is 15.3. The molecule has 1 aromatic carbocycles. The highest BCUT2D eigenvalue weighted by Crippen LogP contribution is 2.02. The number of hydrogen-bond donors (Lipinski definition) is 2. The van der Waals surface area contributed by atoms with Crippen LogP contribution >= 0.6 is 0 Å². The second kappa shape index (κ2) is 8.22. The lowest BCUT2D eigenvalue weighted by Crippen LogP contribution is -2.37. The molecule has 0 aliphatic rings. The van der Waals surface area contributed by atoms with Gasteiger partial charge >= 0.3 is 0 Å². The Labute approximate surface area is 132 Å². The average Bonchev–Trinajstić information content (AvgIpc) is 2.94. The normalized spacial score (nSPS) is 11.5. The van der Waals surface area contributed by atoms with Crippen molar-refractivity contribution in [3.8, 4) is 0 Å². The Morgan fingerprint density at radius 1 is 1.14 bits per heavy atom. The number of nitrogens with one attached hydrogen (secondary N) is 2. The predicted molar refractivity (Wildman–Crippen MR) is 91.0 cm³/mol. The minimum atomic E-state index is 0.776. The van der Waals surface area contributed by atoms with E-state index in [0.29, 0.717) is 0 Å². The van der Waals surface area contributed by atoms with Gasteiger partial charge in [0.25, 0.3) is 0 Å². The molecule has 1 aromatic heterocycles. The van der Waals surface area contributed by atoms with Crippen LogP contribution in [-0.2, 0) is 13.1 Å². The van der Waals surface area contributed by atoms with Crippen LogP contribution in [0.25, 0.3) is 0 Å². The lowest BCUT2D eigenvalue weighted by molar-refractivity contribution is 0.570. The molecule has 0 aliphatic heterocycles. The van der Waals surface area contributed by atoms with Gasteiger partial charge < -0.3 is 10.6 Å². The summed E-state index contributed by atoms with van der Waals surface area (Å²) in [6, 6.07) is 8.52. The van der Waals surface area contributed by atoms with E-state index in [4.69, 9.17) is 0 Å². The summed E-state index contributed by atoms with van der Waals surface area (Å²) in [5.74, 6) is 0.831. The zero-order valence-corrected chi connectivity index (χ0v) is 13.6. The van der Waals surface area contributed by atoms with E-state index in [9.17, 15) is 0 Å². The number of guanidine groups is 1. The van der Waals surface area contributed by atoms with Crippen LogP contribution in [0.2, 0.25) is 0 Å². The van der Waals surface area contributed by atoms with Crippen molar-refractivity contribution in [1.29, 1.82) is 0 Å². The molecule has 2 rings (SSSR count). The molecule has 0 fully saturated rings. The maximum absolute atomic E-state index is 4.28. The first-order valence-corrected chi connectivity index (χ1v) is 7.66. The minimum Gasteiger partial charge on any atom is -0.356 e. The molecule has 22 heavy (non-hydrogen) atoms. The molecule has 0 saturated carbocycles. The third-order valence-corrected chi connectivity index (χ3v) is 3.42. The average molecular weight is 299 g/mol. The molecule has 0 unspecified atom stereocenters. The number of nitrogens with zero attached hydrogens (tertiary/aromatic N) is 3. The van der Waals surface area contributed by atoms with E-state index in [2.05, 4.69) is 65.0 Å². The maximum atomic E-state index is 4.28. The Hall–Kier alpha value is -2.30. The SMILES string of the molecule is CN=C(NCCCn1cc(C)cn1)NCc1ccc(C)cc1. The number of aryl methyl sites for hydroxylation is 3. The summed E-state index contributed by atoms with van der Waals surface area (Å²) >= 11 is 0. The fourth-order valence-corrected chi connectivity index (χ4v) is 2.15. The van der Waals surface area contributed by atoms with Gasteiger partial charge in [0.2, 0.25) is 0 Å². The Kier molecular flexibility index (Phi) is 6.01. The van der Waals surface area contributed by atoms with Crippen LogP contribution in [-0.4, -0.2) is 29.3 Å². The Bertz CT molecular complexity index is 598. The standard InChI is InChI=1S/C17H25N5/c1-14-5-7-16(8-6-14)12-20-17(18-3)19-9-4-10-22-13-15(2)11-21-22/h5-8,11,13H,4,9-10,12H2,1-3H3,(H2,18,19,20). The molecule has 2 aromatic rings. The highest BCUT2D eigenvalue weighted by molar-refractivity contribution is 5.79. The smallest absolute Gasteiger partial charge is 0.191 e. The molecule has 0 bridgehead atoms. The summed E-state index contributed by atoms with van der Waals surface area (Å²) in [6.07, 6.45) is 4.95. The second-order valence-electron chi connectivity index (χ2n) is 5.47. The van der Waals surface area contributed by atoms with Crippen molar-refractivity contribution in [2.75, 3.05) is 13.6 Å². The first kappa shape index (κ1) is 16.1. The topological polar surface area (TPSA) is 54.2 Å². The van der Waals surface area contributed by atoms with Gasteiger partial charge in [-0.1, -0.05) is 29.8 Å². The fourth-order valence-electron chi connectivity index (χ4n) is 2.15. The lowest BCUT2D eigenvalue weighted by Gasteiger charge is -2.12. The predicted octanol–water partition coefficient (Wildman–Crippen LogP) is 2.26. The van der Waals surface area contributed by atoms with Crippen molar-refractivity contribution in [2.45, 2.75) is 33.4 Å². The summed E-state index contributed by atoms with van der Waals surface area (Å²) < 4.78 is 1.97.